The van der Waals surface area contributed by atoms with E-state index in [1.807, 2.05) is 13.8 Å². The number of nitrogens with two attached hydrogens (primary N) is 1. The molecule has 1 saturated heterocycles. The van der Waals surface area contributed by atoms with Crippen molar-refractivity contribution in [1.82, 2.24) is 9.62 Å². The average Bonchev–Trinajstić information content (AvgIpc) is 2.28. The minimum absolute atomic E-state index is 0.0455. The first-order valence-electron chi connectivity index (χ1n) is 6.87. The summed E-state index contributed by atoms with van der Waals surface area (Å²) in [5.41, 5.74) is 5.60. The Morgan fingerprint density at radius 3 is 2.47 bits per heavy atom. The molecule has 1 aliphatic rings. The molecule has 0 bridgehead atoms. The number of nitrogens with one attached hydrogen (secondary N) is 1. The van der Waals surface area contributed by atoms with Gasteiger partial charge in [0.25, 0.3) is 0 Å². The number of likely N-dealkylation sites (tertiary alicyclic amines) is 1. The van der Waals surface area contributed by atoms with Gasteiger partial charge in [0.05, 0.1) is 5.75 Å². The molecule has 1 heterocycles. The first-order valence-corrected chi connectivity index (χ1v) is 8.52. The number of sulfonamides is 1. The van der Waals surface area contributed by atoms with Crippen molar-refractivity contribution in [3.05, 3.63) is 0 Å². The topological polar surface area (TPSA) is 92.5 Å². The van der Waals surface area contributed by atoms with E-state index in [1.54, 1.807) is 4.90 Å². The standard InChI is InChI=1S/C12H25N3O3S/c1-3-8-19(17,18)14-11-4-6-15(7-5-11)12(16)9-10(2)13/h10-11,14H,3-9,13H2,1-2H3. The van der Waals surface area contributed by atoms with Gasteiger partial charge in [-0.05, 0) is 26.2 Å². The van der Waals surface area contributed by atoms with Gasteiger partial charge in [-0.3, -0.25) is 4.79 Å². The maximum absolute atomic E-state index is 11.8. The molecule has 1 atom stereocenters. The molecule has 0 aromatic heterocycles. The summed E-state index contributed by atoms with van der Waals surface area (Å²) in [7, 11) is -3.16. The Hall–Kier alpha value is -0.660. The predicted molar refractivity (Wildman–Crippen MR) is 75.1 cm³/mol. The van der Waals surface area contributed by atoms with Crippen molar-refractivity contribution < 1.29 is 13.2 Å². The molecule has 0 saturated carbocycles. The van der Waals surface area contributed by atoms with Crippen LogP contribution in [0.4, 0.5) is 0 Å². The molecule has 6 nitrogen and oxygen atoms in total. The zero-order chi connectivity index (χ0) is 14.5. The maximum Gasteiger partial charge on any atom is 0.224 e. The third kappa shape index (κ3) is 5.88. The molecular formula is C12H25N3O3S. The molecule has 1 aliphatic heterocycles. The summed E-state index contributed by atoms with van der Waals surface area (Å²) in [6, 6.07) is -0.177. The quantitative estimate of drug-likeness (QED) is 0.723. The van der Waals surface area contributed by atoms with Crippen molar-refractivity contribution in [1.29, 1.82) is 0 Å². The Labute approximate surface area is 115 Å². The Morgan fingerprint density at radius 2 is 2.00 bits per heavy atom. The smallest absolute Gasteiger partial charge is 0.224 e. The summed E-state index contributed by atoms with van der Waals surface area (Å²) >= 11 is 0. The molecule has 0 spiro atoms. The van der Waals surface area contributed by atoms with Crippen molar-refractivity contribution in [2.75, 3.05) is 18.8 Å². The summed E-state index contributed by atoms with van der Waals surface area (Å²) in [6.45, 7) is 4.85. The lowest BCUT2D eigenvalue weighted by molar-refractivity contribution is -0.132. The highest BCUT2D eigenvalue weighted by Crippen LogP contribution is 2.13. The summed E-state index contributed by atoms with van der Waals surface area (Å²) in [5, 5.41) is 0. The van der Waals surface area contributed by atoms with Gasteiger partial charge in [-0.1, -0.05) is 6.92 Å². The summed E-state index contributed by atoms with van der Waals surface area (Å²) in [4.78, 5) is 13.6. The molecule has 7 heteroatoms. The van der Waals surface area contributed by atoms with Crippen LogP contribution in [-0.2, 0) is 14.8 Å². The first-order chi connectivity index (χ1) is 8.84. The lowest BCUT2D eigenvalue weighted by atomic mass is 10.1. The number of nitrogens with zero attached hydrogens (tertiary/aromatic N) is 1. The predicted octanol–water partition coefficient (Wildman–Crippen LogP) is 0.0441. The van der Waals surface area contributed by atoms with Crippen molar-refractivity contribution in [2.24, 2.45) is 5.73 Å². The molecule has 1 fully saturated rings. The monoisotopic (exact) mass is 291 g/mol. The van der Waals surface area contributed by atoms with Gasteiger partial charge < -0.3 is 10.6 Å². The van der Waals surface area contributed by atoms with E-state index in [1.165, 1.54) is 0 Å². The van der Waals surface area contributed by atoms with Crippen molar-refractivity contribution in [3.8, 4) is 0 Å². The molecule has 1 unspecified atom stereocenters. The van der Waals surface area contributed by atoms with E-state index >= 15 is 0 Å². The van der Waals surface area contributed by atoms with Gasteiger partial charge >= 0.3 is 0 Å². The van der Waals surface area contributed by atoms with Crippen molar-refractivity contribution in [3.63, 3.8) is 0 Å². The third-order valence-corrected chi connectivity index (χ3v) is 4.80. The number of carbonyl (C=O) groups is 1. The third-order valence-electron chi connectivity index (χ3n) is 3.16. The van der Waals surface area contributed by atoms with Crippen LogP contribution in [0.2, 0.25) is 0 Å². The zero-order valence-corrected chi connectivity index (χ0v) is 12.6. The van der Waals surface area contributed by atoms with Crippen molar-refractivity contribution in [2.45, 2.75) is 51.6 Å². The van der Waals surface area contributed by atoms with Gasteiger partial charge in [-0.15, -0.1) is 0 Å². The fourth-order valence-electron chi connectivity index (χ4n) is 2.23. The highest BCUT2D eigenvalue weighted by Gasteiger charge is 2.25. The number of amides is 1. The number of hydrogen-bond donors (Lipinski definition) is 2. The minimum atomic E-state index is -3.16. The molecule has 19 heavy (non-hydrogen) atoms. The second-order valence-corrected chi connectivity index (χ2v) is 7.15. The highest BCUT2D eigenvalue weighted by molar-refractivity contribution is 7.89. The van der Waals surface area contributed by atoms with Crippen LogP contribution in [-0.4, -0.2) is 50.2 Å². The van der Waals surface area contributed by atoms with Crippen LogP contribution in [0.25, 0.3) is 0 Å². The SMILES string of the molecule is CCCS(=O)(=O)NC1CCN(C(=O)CC(C)N)CC1. The molecule has 0 aromatic carbocycles. The lowest BCUT2D eigenvalue weighted by Gasteiger charge is -2.32. The van der Waals surface area contributed by atoms with Crippen LogP contribution >= 0.6 is 0 Å². The van der Waals surface area contributed by atoms with Crippen LogP contribution in [0.15, 0.2) is 0 Å². The first kappa shape index (κ1) is 16.4. The normalized spacial score (nSPS) is 19.4. The van der Waals surface area contributed by atoms with Gasteiger partial charge in [0.1, 0.15) is 0 Å². The number of carbonyl (C=O) groups excluding carboxylic acids is 1. The van der Waals surface area contributed by atoms with Crippen LogP contribution in [0.5, 0.6) is 0 Å². The minimum Gasteiger partial charge on any atom is -0.343 e. The fraction of sp³-hybridized carbons (Fsp3) is 0.917. The molecule has 0 aliphatic carbocycles. The van der Waals surface area contributed by atoms with Gasteiger partial charge in [0.15, 0.2) is 0 Å². The van der Waals surface area contributed by atoms with Crippen LogP contribution < -0.4 is 10.5 Å². The second-order valence-electron chi connectivity index (χ2n) is 5.27. The van der Waals surface area contributed by atoms with E-state index in [0.29, 0.717) is 38.8 Å². The average molecular weight is 291 g/mol. The van der Waals surface area contributed by atoms with Crippen LogP contribution in [0.1, 0.15) is 39.5 Å². The summed E-state index contributed by atoms with van der Waals surface area (Å²) < 4.78 is 26.0. The highest BCUT2D eigenvalue weighted by atomic mass is 32.2. The molecule has 3 N–H and O–H groups in total. The lowest BCUT2D eigenvalue weighted by Crippen LogP contribution is -2.47. The van der Waals surface area contributed by atoms with E-state index in [9.17, 15) is 13.2 Å². The van der Waals surface area contributed by atoms with Gasteiger partial charge in [-0.25, -0.2) is 13.1 Å². The van der Waals surface area contributed by atoms with Crippen LogP contribution in [0.3, 0.4) is 0 Å². The summed E-state index contributed by atoms with van der Waals surface area (Å²) in [6.07, 6.45) is 2.31. The largest absolute Gasteiger partial charge is 0.343 e. The summed E-state index contributed by atoms with van der Waals surface area (Å²) in [5.74, 6) is 0.224. The number of rotatable bonds is 6. The molecular weight excluding hydrogens is 266 g/mol. The van der Waals surface area contributed by atoms with E-state index < -0.39 is 10.0 Å². The molecule has 112 valence electrons. The number of piperidine rings is 1. The molecule has 1 rings (SSSR count). The van der Waals surface area contributed by atoms with Gasteiger partial charge in [0.2, 0.25) is 15.9 Å². The van der Waals surface area contributed by atoms with Gasteiger partial charge in [0, 0.05) is 31.6 Å². The van der Waals surface area contributed by atoms with Gasteiger partial charge in [-0.2, -0.15) is 0 Å². The molecule has 0 radical (unpaired) electrons. The van der Waals surface area contributed by atoms with Crippen LogP contribution in [0, 0.1) is 0 Å². The second kappa shape index (κ2) is 7.21. The Kier molecular flexibility index (Phi) is 6.22. The Balaban J connectivity index is 2.39. The van der Waals surface area contributed by atoms with E-state index in [0.717, 1.165) is 0 Å². The maximum atomic E-state index is 11.8. The Morgan fingerprint density at radius 1 is 1.42 bits per heavy atom. The van der Waals surface area contributed by atoms with E-state index in [2.05, 4.69) is 4.72 Å². The Bertz CT molecular complexity index is 387. The number of hydrogen-bond acceptors (Lipinski definition) is 4. The van der Waals surface area contributed by atoms with Crippen molar-refractivity contribution >= 4 is 15.9 Å². The molecule has 1 amide bonds. The fourth-order valence-corrected chi connectivity index (χ4v) is 3.63. The zero-order valence-electron chi connectivity index (χ0n) is 11.8. The van der Waals surface area contributed by atoms with E-state index in [4.69, 9.17) is 5.73 Å². The van der Waals surface area contributed by atoms with E-state index in [-0.39, 0.29) is 23.7 Å². The molecule has 0 aromatic rings.